The number of nitrogens with zero attached hydrogens (tertiary/aromatic N) is 1. The van der Waals surface area contributed by atoms with Crippen molar-refractivity contribution in [3.8, 4) is 0 Å². The van der Waals surface area contributed by atoms with Crippen LogP contribution >= 0.6 is 22.6 Å². The van der Waals surface area contributed by atoms with E-state index in [4.69, 9.17) is 0 Å². The molecule has 58 valence electrons. The predicted molar refractivity (Wildman–Crippen MR) is 46.4 cm³/mol. The molecule has 0 atom stereocenters. The summed E-state index contributed by atoms with van der Waals surface area (Å²) in [6.45, 7) is 0. The molecular weight excluding hydrogens is 263 g/mol. The Kier molecular flexibility index (Phi) is 2.22. The number of aromatic nitrogens is 1. The molecule has 0 aliphatic heterocycles. The molecule has 1 rings (SSSR count). The maximum Gasteiger partial charge on any atom is 0.324 e. The van der Waals surface area contributed by atoms with Gasteiger partial charge >= 0.3 is 5.82 Å². The van der Waals surface area contributed by atoms with Crippen molar-refractivity contribution in [2.75, 3.05) is 0 Å². The summed E-state index contributed by atoms with van der Waals surface area (Å²) in [5, 5.41) is 10.1. The van der Waals surface area contributed by atoms with Crippen molar-refractivity contribution < 1.29 is 4.92 Å². The molecule has 0 radical (unpaired) electrons. The van der Waals surface area contributed by atoms with Crippen molar-refractivity contribution in [3.63, 3.8) is 0 Å². The third kappa shape index (κ3) is 1.76. The van der Waals surface area contributed by atoms with Crippen molar-refractivity contribution in [2.24, 2.45) is 0 Å². The van der Waals surface area contributed by atoms with Gasteiger partial charge in [-0.15, -0.1) is 0 Å². The van der Waals surface area contributed by atoms with Gasteiger partial charge in [0.05, 0.1) is 9.64 Å². The van der Waals surface area contributed by atoms with Gasteiger partial charge in [-0.25, -0.2) is 4.98 Å². The van der Waals surface area contributed by atoms with Gasteiger partial charge in [-0.1, -0.05) is 0 Å². The number of H-pyrrole nitrogens is 1. The van der Waals surface area contributed by atoms with Crippen LogP contribution in [0, 0.1) is 13.7 Å². The highest BCUT2D eigenvalue weighted by Crippen LogP contribution is 2.03. The summed E-state index contributed by atoms with van der Waals surface area (Å²) in [6.07, 6.45) is 1.31. The van der Waals surface area contributed by atoms with Crippen LogP contribution in [-0.4, -0.2) is 9.91 Å². The second kappa shape index (κ2) is 2.99. The minimum atomic E-state index is -0.641. The molecule has 5 nitrogen and oxygen atoms in total. The van der Waals surface area contributed by atoms with Crippen LogP contribution in [0.5, 0.6) is 0 Å². The lowest BCUT2D eigenvalue weighted by Crippen LogP contribution is -2.06. The molecule has 0 aliphatic carbocycles. The third-order valence-electron chi connectivity index (χ3n) is 1.05. The first-order chi connectivity index (χ1) is 5.11. The zero-order valence-electron chi connectivity index (χ0n) is 5.20. The van der Waals surface area contributed by atoms with Crippen LogP contribution in [0.4, 0.5) is 5.82 Å². The van der Waals surface area contributed by atoms with Gasteiger partial charge in [0.15, 0.2) is 0 Å². The monoisotopic (exact) mass is 266 g/mol. The Bertz CT molecular complexity index is 346. The van der Waals surface area contributed by atoms with Gasteiger partial charge < -0.3 is 10.1 Å². The second-order valence-corrected chi connectivity index (χ2v) is 2.95. The summed E-state index contributed by atoms with van der Waals surface area (Å²) < 4.78 is 0.438. The molecule has 0 aliphatic rings. The van der Waals surface area contributed by atoms with Gasteiger partial charge in [-0.3, -0.25) is 4.79 Å². The summed E-state index contributed by atoms with van der Waals surface area (Å²) in [5.41, 5.74) is -0.337. The SMILES string of the molecule is O=c1cc([N+](=O)[O-])[nH]cc1I. The molecule has 0 saturated carbocycles. The molecule has 0 aromatic carbocycles. The van der Waals surface area contributed by atoms with Gasteiger partial charge in [0.2, 0.25) is 5.43 Å². The Morgan fingerprint density at radius 3 is 2.73 bits per heavy atom. The fraction of sp³-hybridized carbons (Fsp3) is 0. The van der Waals surface area contributed by atoms with E-state index in [0.717, 1.165) is 6.07 Å². The van der Waals surface area contributed by atoms with E-state index in [1.165, 1.54) is 6.20 Å². The van der Waals surface area contributed by atoms with E-state index in [1.807, 2.05) is 0 Å². The molecule has 1 aromatic rings. The molecule has 1 N–H and O–H groups in total. The number of nitrogens with one attached hydrogen (secondary N) is 1. The van der Waals surface area contributed by atoms with Crippen LogP contribution in [0.2, 0.25) is 0 Å². The van der Waals surface area contributed by atoms with Crippen LogP contribution in [0.3, 0.4) is 0 Å². The van der Waals surface area contributed by atoms with Crippen molar-refractivity contribution in [1.29, 1.82) is 0 Å². The van der Waals surface area contributed by atoms with Crippen molar-refractivity contribution in [1.82, 2.24) is 4.98 Å². The fourth-order valence-corrected chi connectivity index (χ4v) is 0.860. The normalized spacial score (nSPS) is 9.55. The first-order valence-electron chi connectivity index (χ1n) is 2.64. The molecule has 0 spiro atoms. The maximum absolute atomic E-state index is 10.8. The Morgan fingerprint density at radius 2 is 2.27 bits per heavy atom. The van der Waals surface area contributed by atoms with Gasteiger partial charge in [0.1, 0.15) is 6.20 Å². The zero-order chi connectivity index (χ0) is 8.43. The molecule has 11 heavy (non-hydrogen) atoms. The van der Waals surface area contributed by atoms with Crippen LogP contribution in [0.25, 0.3) is 0 Å². The molecule has 1 heterocycles. The lowest BCUT2D eigenvalue weighted by molar-refractivity contribution is -0.389. The molecule has 0 unspecified atom stereocenters. The van der Waals surface area contributed by atoms with Crippen LogP contribution in [-0.2, 0) is 0 Å². The number of halogens is 1. The Balaban J connectivity index is 3.26. The van der Waals surface area contributed by atoms with E-state index in [-0.39, 0.29) is 11.2 Å². The highest BCUT2D eigenvalue weighted by molar-refractivity contribution is 14.1. The number of nitro groups is 1. The smallest absolute Gasteiger partial charge is 0.324 e. The van der Waals surface area contributed by atoms with Crippen LogP contribution in [0.1, 0.15) is 0 Å². The quantitative estimate of drug-likeness (QED) is 0.466. The topological polar surface area (TPSA) is 76.0 Å². The lowest BCUT2D eigenvalue weighted by atomic mass is 10.4. The highest BCUT2D eigenvalue weighted by Gasteiger charge is 2.05. The summed E-state index contributed by atoms with van der Waals surface area (Å²) in [4.78, 5) is 22.6. The second-order valence-electron chi connectivity index (χ2n) is 1.79. The number of pyridine rings is 1. The van der Waals surface area contributed by atoms with E-state index >= 15 is 0 Å². The van der Waals surface area contributed by atoms with Gasteiger partial charge in [0, 0.05) is 0 Å². The maximum atomic E-state index is 10.8. The molecule has 0 amide bonds. The summed E-state index contributed by atoms with van der Waals surface area (Å²) in [5.74, 6) is -0.282. The molecular formula is C5H3IN2O3. The van der Waals surface area contributed by atoms with E-state index in [1.54, 1.807) is 22.6 Å². The van der Waals surface area contributed by atoms with E-state index in [0.29, 0.717) is 3.57 Å². The van der Waals surface area contributed by atoms with E-state index < -0.39 is 4.92 Å². The first-order valence-corrected chi connectivity index (χ1v) is 3.72. The Morgan fingerprint density at radius 1 is 1.64 bits per heavy atom. The number of hydrogen-bond acceptors (Lipinski definition) is 3. The zero-order valence-corrected chi connectivity index (χ0v) is 7.36. The fourth-order valence-electron chi connectivity index (χ4n) is 0.549. The Hall–Kier alpha value is -0.920. The molecule has 1 aromatic heterocycles. The van der Waals surface area contributed by atoms with E-state index in [2.05, 4.69) is 4.98 Å². The van der Waals surface area contributed by atoms with Crippen molar-refractivity contribution in [2.45, 2.75) is 0 Å². The number of rotatable bonds is 1. The number of hydrogen-bond donors (Lipinski definition) is 1. The highest BCUT2D eigenvalue weighted by atomic mass is 127. The summed E-state index contributed by atoms with van der Waals surface area (Å²) in [7, 11) is 0. The lowest BCUT2D eigenvalue weighted by Gasteiger charge is -1.91. The molecule has 0 fully saturated rings. The van der Waals surface area contributed by atoms with Crippen molar-refractivity contribution >= 4 is 28.4 Å². The predicted octanol–water partition coefficient (Wildman–Crippen LogP) is 0.888. The minimum absolute atomic E-state index is 0.282. The van der Waals surface area contributed by atoms with Gasteiger partial charge in [-0.2, -0.15) is 0 Å². The summed E-state index contributed by atoms with van der Waals surface area (Å²) >= 11 is 1.80. The molecule has 0 bridgehead atoms. The van der Waals surface area contributed by atoms with Crippen molar-refractivity contribution in [3.05, 3.63) is 36.2 Å². The summed E-state index contributed by atoms with van der Waals surface area (Å²) in [6, 6.07) is 0.960. The minimum Gasteiger partial charge on any atom is -0.358 e. The molecule has 0 saturated heterocycles. The van der Waals surface area contributed by atoms with Gasteiger partial charge in [-0.05, 0) is 27.5 Å². The standard InChI is InChI=1S/C5H3IN2O3/c6-3-2-7-5(8(10)11)1-4(3)9/h1-2H,(H,7,9). The van der Waals surface area contributed by atoms with Gasteiger partial charge in [0.25, 0.3) is 0 Å². The average Bonchev–Trinajstić information content (AvgIpc) is 1.94. The Labute approximate surface area is 74.7 Å². The number of aromatic amines is 1. The van der Waals surface area contributed by atoms with Crippen LogP contribution < -0.4 is 5.43 Å². The molecule has 6 heteroatoms. The third-order valence-corrected chi connectivity index (χ3v) is 1.89. The largest absolute Gasteiger partial charge is 0.358 e. The first kappa shape index (κ1) is 8.18. The van der Waals surface area contributed by atoms with E-state index in [9.17, 15) is 14.9 Å². The van der Waals surface area contributed by atoms with Crippen LogP contribution in [0.15, 0.2) is 17.1 Å². The average molecular weight is 266 g/mol.